The van der Waals surface area contributed by atoms with Gasteiger partial charge in [-0.1, -0.05) is 42.0 Å². The number of phenols is 1. The number of nitrogens with one attached hydrogen (secondary N) is 1. The molecule has 0 aliphatic heterocycles. The largest absolute Gasteiger partial charge is 0.507 e. The lowest BCUT2D eigenvalue weighted by molar-refractivity contribution is 0.337. The number of rotatable bonds is 6. The molecule has 1 heterocycles. The maximum Gasteiger partial charge on any atom is 0.162 e. The van der Waals surface area contributed by atoms with Crippen LogP contribution in [0.15, 0.2) is 71.8 Å². The molecule has 0 bridgehead atoms. The molecule has 0 atom stereocenters. The summed E-state index contributed by atoms with van der Waals surface area (Å²) in [5, 5.41) is 15.3. The van der Waals surface area contributed by atoms with E-state index in [9.17, 15) is 5.11 Å². The molecular weight excluding hydrogens is 376 g/mol. The average molecular weight is 398 g/mol. The van der Waals surface area contributed by atoms with E-state index in [2.05, 4.69) is 20.5 Å². The molecule has 0 spiro atoms. The van der Waals surface area contributed by atoms with E-state index in [1.807, 2.05) is 62.4 Å². The summed E-state index contributed by atoms with van der Waals surface area (Å²) in [7, 11) is 0. The summed E-state index contributed by atoms with van der Waals surface area (Å²) in [5.74, 6) is 1.93. The third kappa shape index (κ3) is 4.22. The third-order valence-corrected chi connectivity index (χ3v) is 4.60. The number of hydrogen-bond donors (Lipinski definition) is 2. The highest BCUT2D eigenvalue weighted by Gasteiger charge is 2.09. The number of anilines is 1. The van der Waals surface area contributed by atoms with Crippen LogP contribution in [0.3, 0.4) is 0 Å². The monoisotopic (exact) mass is 398 g/mol. The van der Waals surface area contributed by atoms with Gasteiger partial charge in [-0.3, -0.25) is 5.43 Å². The summed E-state index contributed by atoms with van der Waals surface area (Å²) in [6, 6.07) is 21.0. The van der Waals surface area contributed by atoms with Crippen molar-refractivity contribution >= 4 is 22.9 Å². The Bertz CT molecular complexity index is 1200. The van der Waals surface area contributed by atoms with Crippen LogP contribution in [0, 0.1) is 6.92 Å². The van der Waals surface area contributed by atoms with E-state index >= 15 is 0 Å². The van der Waals surface area contributed by atoms with Crippen molar-refractivity contribution in [2.75, 3.05) is 12.0 Å². The molecule has 3 aromatic carbocycles. The number of benzene rings is 3. The first kappa shape index (κ1) is 19.4. The lowest BCUT2D eigenvalue weighted by Crippen LogP contribution is -1.99. The topological polar surface area (TPSA) is 79.6 Å². The van der Waals surface area contributed by atoms with Crippen molar-refractivity contribution in [1.82, 2.24) is 9.97 Å². The molecule has 0 radical (unpaired) electrons. The fourth-order valence-corrected chi connectivity index (χ4v) is 3.05. The predicted octanol–water partition coefficient (Wildman–Crippen LogP) is 5.16. The van der Waals surface area contributed by atoms with E-state index in [-0.39, 0.29) is 5.75 Å². The fraction of sp³-hybridized carbons (Fsp3) is 0.125. The maximum atomic E-state index is 10.2. The Morgan fingerprint density at radius 1 is 1.03 bits per heavy atom. The van der Waals surface area contributed by atoms with E-state index in [1.165, 1.54) is 5.56 Å². The second-order valence-corrected chi connectivity index (χ2v) is 6.80. The van der Waals surface area contributed by atoms with Crippen LogP contribution < -0.4 is 10.2 Å². The summed E-state index contributed by atoms with van der Waals surface area (Å²) in [6.07, 6.45) is 1.55. The Balaban J connectivity index is 1.65. The zero-order chi connectivity index (χ0) is 20.9. The summed E-state index contributed by atoms with van der Waals surface area (Å²) in [6.45, 7) is 4.48. The van der Waals surface area contributed by atoms with Gasteiger partial charge in [0, 0.05) is 22.6 Å². The Labute approximate surface area is 174 Å². The number of aryl methyl sites for hydroxylation is 1. The Hall–Kier alpha value is -3.93. The van der Waals surface area contributed by atoms with Gasteiger partial charge in [0.1, 0.15) is 11.5 Å². The molecular formula is C24H22N4O2. The molecule has 0 aliphatic rings. The van der Waals surface area contributed by atoms with Crippen molar-refractivity contribution < 1.29 is 9.84 Å². The minimum Gasteiger partial charge on any atom is -0.507 e. The van der Waals surface area contributed by atoms with Crippen molar-refractivity contribution in [2.24, 2.45) is 5.10 Å². The highest BCUT2D eigenvalue weighted by atomic mass is 16.5. The number of hydrogen-bond acceptors (Lipinski definition) is 6. The molecule has 0 unspecified atom stereocenters. The summed E-state index contributed by atoms with van der Waals surface area (Å²) < 4.78 is 5.39. The molecule has 150 valence electrons. The first-order valence-corrected chi connectivity index (χ1v) is 9.73. The number of ether oxygens (including phenoxy) is 1. The van der Waals surface area contributed by atoms with Crippen LogP contribution >= 0.6 is 0 Å². The highest BCUT2D eigenvalue weighted by molar-refractivity contribution is 5.91. The molecule has 0 amide bonds. The van der Waals surface area contributed by atoms with Crippen molar-refractivity contribution in [3.8, 4) is 22.9 Å². The van der Waals surface area contributed by atoms with Crippen LogP contribution in [-0.2, 0) is 0 Å². The average Bonchev–Trinajstić information content (AvgIpc) is 2.76. The Morgan fingerprint density at radius 3 is 2.60 bits per heavy atom. The second kappa shape index (κ2) is 8.61. The van der Waals surface area contributed by atoms with Gasteiger partial charge in [-0.25, -0.2) is 9.97 Å². The van der Waals surface area contributed by atoms with Crippen LogP contribution in [0.1, 0.15) is 18.1 Å². The van der Waals surface area contributed by atoms with Crippen LogP contribution in [0.2, 0.25) is 0 Å². The lowest BCUT2D eigenvalue weighted by atomic mass is 10.1. The molecule has 6 nitrogen and oxygen atoms in total. The number of fused-ring (bicyclic) bond motifs is 1. The summed E-state index contributed by atoms with van der Waals surface area (Å²) >= 11 is 0. The van der Waals surface area contributed by atoms with Crippen molar-refractivity contribution in [1.29, 1.82) is 0 Å². The van der Waals surface area contributed by atoms with Crippen molar-refractivity contribution in [3.05, 3.63) is 77.9 Å². The Kier molecular flexibility index (Phi) is 5.57. The van der Waals surface area contributed by atoms with E-state index < -0.39 is 0 Å². The molecule has 6 heteroatoms. The van der Waals surface area contributed by atoms with Gasteiger partial charge in [0.25, 0.3) is 0 Å². The fourth-order valence-electron chi connectivity index (χ4n) is 3.05. The van der Waals surface area contributed by atoms with Crippen LogP contribution in [0.4, 0.5) is 5.82 Å². The van der Waals surface area contributed by atoms with E-state index in [1.54, 1.807) is 24.4 Å². The van der Waals surface area contributed by atoms with Crippen LogP contribution in [0.25, 0.3) is 22.3 Å². The molecule has 2 N–H and O–H groups in total. The number of aromatic nitrogens is 2. The molecule has 0 fully saturated rings. The Morgan fingerprint density at radius 2 is 1.83 bits per heavy atom. The van der Waals surface area contributed by atoms with Gasteiger partial charge in [0.15, 0.2) is 11.6 Å². The highest BCUT2D eigenvalue weighted by Crippen LogP contribution is 2.26. The zero-order valence-electron chi connectivity index (χ0n) is 16.8. The van der Waals surface area contributed by atoms with Crippen LogP contribution in [0.5, 0.6) is 11.5 Å². The summed E-state index contributed by atoms with van der Waals surface area (Å²) in [4.78, 5) is 9.36. The standard InChI is InChI=1S/C24H22N4O2/c1-3-30-19-13-12-18(22(29)14-19)15-25-28-24-20-6-4-5-7-21(20)26-23(27-24)17-10-8-16(2)9-11-17/h4-15,29H,3H2,1-2H3,(H,26,27,28)/b25-15-. The van der Waals surface area contributed by atoms with Crippen molar-refractivity contribution in [3.63, 3.8) is 0 Å². The van der Waals surface area contributed by atoms with Gasteiger partial charge in [-0.15, -0.1) is 0 Å². The molecule has 0 saturated heterocycles. The zero-order valence-corrected chi connectivity index (χ0v) is 16.8. The molecule has 4 aromatic rings. The molecule has 1 aromatic heterocycles. The molecule has 30 heavy (non-hydrogen) atoms. The van der Waals surface area contributed by atoms with Crippen LogP contribution in [-0.4, -0.2) is 27.9 Å². The quantitative estimate of drug-likeness (QED) is 0.347. The smallest absolute Gasteiger partial charge is 0.162 e. The number of aromatic hydroxyl groups is 1. The number of para-hydroxylation sites is 1. The molecule has 0 aliphatic carbocycles. The van der Waals surface area contributed by atoms with E-state index in [4.69, 9.17) is 4.74 Å². The molecule has 0 saturated carbocycles. The van der Waals surface area contributed by atoms with Crippen molar-refractivity contribution in [2.45, 2.75) is 13.8 Å². The molecule has 4 rings (SSSR count). The van der Waals surface area contributed by atoms with E-state index in [0.717, 1.165) is 16.5 Å². The van der Waals surface area contributed by atoms with Gasteiger partial charge in [0.05, 0.1) is 18.3 Å². The van der Waals surface area contributed by atoms with Gasteiger partial charge in [-0.2, -0.15) is 5.10 Å². The van der Waals surface area contributed by atoms with Gasteiger partial charge in [-0.05, 0) is 38.1 Å². The number of hydrazone groups is 1. The number of phenolic OH excluding ortho intramolecular Hbond substituents is 1. The lowest BCUT2D eigenvalue weighted by Gasteiger charge is -2.09. The minimum atomic E-state index is 0.0967. The third-order valence-electron chi connectivity index (χ3n) is 4.60. The van der Waals surface area contributed by atoms with Gasteiger partial charge >= 0.3 is 0 Å². The predicted molar refractivity (Wildman–Crippen MR) is 120 cm³/mol. The number of nitrogens with zero attached hydrogens (tertiary/aromatic N) is 3. The summed E-state index contributed by atoms with van der Waals surface area (Å²) in [5.41, 5.74) is 6.51. The van der Waals surface area contributed by atoms with Gasteiger partial charge < -0.3 is 9.84 Å². The minimum absolute atomic E-state index is 0.0967. The first-order valence-electron chi connectivity index (χ1n) is 9.73. The first-order chi connectivity index (χ1) is 14.6. The normalized spacial score (nSPS) is 11.1. The van der Waals surface area contributed by atoms with E-state index in [0.29, 0.717) is 29.6 Å². The maximum absolute atomic E-state index is 10.2. The SMILES string of the molecule is CCOc1ccc(/C=N\Nc2nc(-c3ccc(C)cc3)nc3ccccc23)c(O)c1. The van der Waals surface area contributed by atoms with Gasteiger partial charge in [0.2, 0.25) is 0 Å². The second-order valence-electron chi connectivity index (χ2n) is 6.80.